The highest BCUT2D eigenvalue weighted by Gasteiger charge is 2.54. The maximum absolute atomic E-state index is 14.4. The Bertz CT molecular complexity index is 2080. The van der Waals surface area contributed by atoms with Gasteiger partial charge in [0.05, 0.1) is 59.1 Å². The highest BCUT2D eigenvalue weighted by atomic mass is 32.2. The number of methoxy groups -OCH3 is 2. The Balaban J connectivity index is 1.38. The lowest BCUT2D eigenvalue weighted by Crippen LogP contribution is -2.61. The lowest BCUT2D eigenvalue weighted by Gasteiger charge is -2.50. The van der Waals surface area contributed by atoms with E-state index in [9.17, 15) is 43.2 Å². The molecule has 0 radical (unpaired) electrons. The number of esters is 1. The van der Waals surface area contributed by atoms with E-state index in [-0.39, 0.29) is 48.4 Å². The van der Waals surface area contributed by atoms with Crippen molar-refractivity contribution in [1.82, 2.24) is 9.80 Å². The fraction of sp³-hybridized carbons (Fsp3) is 0.827. The van der Waals surface area contributed by atoms with Gasteiger partial charge in [-0.1, -0.05) is 27.7 Å². The van der Waals surface area contributed by atoms with E-state index in [0.29, 0.717) is 44.6 Å². The van der Waals surface area contributed by atoms with Gasteiger partial charge in [-0.05, 0) is 105 Å². The third-order valence-corrected chi connectivity index (χ3v) is 17.3. The molecule has 412 valence electrons. The molecular weight excluding hydrogens is 957 g/mol. The average molecular weight is 1040 g/mol. The summed E-state index contributed by atoms with van der Waals surface area (Å²) in [6.45, 7) is 18.2. The van der Waals surface area contributed by atoms with E-state index in [0.717, 1.165) is 6.26 Å². The molecule has 0 aliphatic carbocycles. The van der Waals surface area contributed by atoms with E-state index in [2.05, 4.69) is 0 Å². The van der Waals surface area contributed by atoms with Crippen LogP contribution in [0.1, 0.15) is 114 Å². The summed E-state index contributed by atoms with van der Waals surface area (Å²) < 4.78 is 74.4. The summed E-state index contributed by atoms with van der Waals surface area (Å²) in [5.74, 6) is -4.34. The number of ether oxygens (including phenoxy) is 8. The van der Waals surface area contributed by atoms with Crippen LogP contribution in [0.5, 0.6) is 5.75 Å². The molecule has 1 amide bonds. The van der Waals surface area contributed by atoms with Crippen LogP contribution in [0.3, 0.4) is 0 Å². The second-order valence-corrected chi connectivity index (χ2v) is 23.9. The molecule has 4 aliphatic rings. The van der Waals surface area contributed by atoms with Gasteiger partial charge < -0.3 is 68.1 Å². The molecule has 0 unspecified atom stereocenters. The normalized spacial score (nSPS) is 41.0. The van der Waals surface area contributed by atoms with Crippen molar-refractivity contribution in [3.05, 3.63) is 24.3 Å². The molecule has 4 heterocycles. The standard InChI is InChI=1S/C52H86N2O17S/c1-15-39-52(10,61)45(58)31(4)42(56)29(2)26-51(9,65-13)47(32(5)44(33(6)48(60)69-39)70-41-27-50(8,64-12)46(59)34(7)67-41)71-49-43(57)38(25-30(3)66-49)53(11)23-16-17-40(55)54-24-22-36(28-54)68-35-18-20-37(21-19-35)72(14,62)63/h18-21,29-34,36,38-39,41,43-47,49,57-59,61H,15-17,22-28H2,1-14H3/t29-,30-,31+,32+,33-,34+,36+,38+,39-,41+,43-,44+,45-,46+,47-,49-,50-,51-,52-/m1/s1. The number of aliphatic hydroxyl groups excluding tert-OH is 3. The number of benzene rings is 1. The zero-order valence-electron chi connectivity index (χ0n) is 45.0. The van der Waals surface area contributed by atoms with Crippen LogP contribution in [0.15, 0.2) is 29.2 Å². The number of aliphatic hydroxyl groups is 4. The maximum Gasteiger partial charge on any atom is 0.311 e. The lowest BCUT2D eigenvalue weighted by molar-refractivity contribution is -0.319. The smallest absolute Gasteiger partial charge is 0.311 e. The highest BCUT2D eigenvalue weighted by molar-refractivity contribution is 7.90. The molecule has 0 aromatic heterocycles. The molecule has 4 N–H and O–H groups in total. The SMILES string of the molecule is CC[C@H]1OC(=O)[C@H](C)[C@@H](O[C@H]2C[C@@](C)(OC)[C@@H](O)[C@H](C)O2)[C@H](C)[C@@H](O[C@H]2O[C@H](C)C[C@H](N(C)CCCC(=O)N3CC[C@H](Oc4ccc(S(C)(=O)=O)cc4)C3)[C@H]2O)[C@](C)(OC)C[C@@H](C)C(=O)[C@H](C)[C@@H](O)[C@]1(C)O. The fourth-order valence-corrected chi connectivity index (χ4v) is 12.0. The largest absolute Gasteiger partial charge is 0.489 e. The Morgan fingerprint density at radius 2 is 1.54 bits per heavy atom. The number of Topliss-reactive ketones (excluding diaryl/α,β-unsaturated/α-hetero) is 1. The number of sulfone groups is 1. The Labute approximate surface area is 427 Å². The summed E-state index contributed by atoms with van der Waals surface area (Å²) in [5.41, 5.74) is -4.45. The molecule has 0 spiro atoms. The number of ketones is 1. The number of likely N-dealkylation sites (tertiary alicyclic amines) is 1. The number of hydrogen-bond donors (Lipinski definition) is 4. The van der Waals surface area contributed by atoms with Gasteiger partial charge in [0.25, 0.3) is 0 Å². The number of carbonyl (C=O) groups is 3. The van der Waals surface area contributed by atoms with Crippen molar-refractivity contribution < 1.29 is 81.1 Å². The molecule has 4 fully saturated rings. The van der Waals surface area contributed by atoms with Crippen LogP contribution >= 0.6 is 0 Å². The molecule has 19 atom stereocenters. The third kappa shape index (κ3) is 13.8. The first-order valence-corrected chi connectivity index (χ1v) is 27.6. The summed E-state index contributed by atoms with van der Waals surface area (Å²) in [4.78, 5) is 46.1. The van der Waals surface area contributed by atoms with Crippen LogP contribution < -0.4 is 4.74 Å². The van der Waals surface area contributed by atoms with Gasteiger partial charge in [0.1, 0.15) is 41.5 Å². The van der Waals surface area contributed by atoms with Gasteiger partial charge in [0.2, 0.25) is 5.91 Å². The summed E-state index contributed by atoms with van der Waals surface area (Å²) in [5, 5.41) is 46.7. The van der Waals surface area contributed by atoms with Gasteiger partial charge >= 0.3 is 5.97 Å². The number of rotatable bonds is 15. The second-order valence-electron chi connectivity index (χ2n) is 21.9. The quantitative estimate of drug-likeness (QED) is 0.183. The topological polar surface area (TPSA) is 247 Å². The third-order valence-electron chi connectivity index (χ3n) is 16.1. The van der Waals surface area contributed by atoms with Gasteiger partial charge in [-0.25, -0.2) is 8.42 Å². The zero-order valence-corrected chi connectivity index (χ0v) is 45.8. The molecule has 4 saturated heterocycles. The van der Waals surface area contributed by atoms with E-state index in [4.69, 9.17) is 37.9 Å². The Hall–Kier alpha value is -2.86. The Morgan fingerprint density at radius 1 is 0.903 bits per heavy atom. The van der Waals surface area contributed by atoms with E-state index < -0.39 is 124 Å². The molecule has 1 aromatic rings. The first-order chi connectivity index (χ1) is 33.5. The molecule has 19 nitrogen and oxygen atoms in total. The number of nitrogens with zero attached hydrogens (tertiary/aromatic N) is 2. The van der Waals surface area contributed by atoms with Gasteiger partial charge in [0, 0.05) is 70.1 Å². The molecule has 72 heavy (non-hydrogen) atoms. The molecule has 20 heteroatoms. The summed E-state index contributed by atoms with van der Waals surface area (Å²) in [6.07, 6.45) is -7.62. The predicted molar refractivity (Wildman–Crippen MR) is 264 cm³/mol. The van der Waals surface area contributed by atoms with Gasteiger partial charge in [-0.3, -0.25) is 14.4 Å². The minimum atomic E-state index is -3.34. The van der Waals surface area contributed by atoms with Crippen molar-refractivity contribution in [1.29, 1.82) is 0 Å². The Kier molecular flexibility index (Phi) is 20.4. The highest BCUT2D eigenvalue weighted by Crippen LogP contribution is 2.42. The molecule has 0 bridgehead atoms. The van der Waals surface area contributed by atoms with E-state index in [1.807, 2.05) is 25.8 Å². The number of hydrogen-bond acceptors (Lipinski definition) is 18. The summed E-state index contributed by atoms with van der Waals surface area (Å²) in [6, 6.07) is 5.76. The van der Waals surface area contributed by atoms with Gasteiger partial charge in [0.15, 0.2) is 22.4 Å². The van der Waals surface area contributed by atoms with Crippen molar-refractivity contribution in [2.45, 2.75) is 209 Å². The van der Waals surface area contributed by atoms with Crippen LogP contribution in [-0.4, -0.2) is 194 Å². The maximum atomic E-state index is 14.4. The zero-order chi connectivity index (χ0) is 53.8. The van der Waals surface area contributed by atoms with Crippen molar-refractivity contribution in [2.24, 2.45) is 23.7 Å². The first-order valence-electron chi connectivity index (χ1n) is 25.7. The average Bonchev–Trinajstić information content (AvgIpc) is 3.80. The summed E-state index contributed by atoms with van der Waals surface area (Å²) >= 11 is 0. The molecule has 5 rings (SSSR count). The van der Waals surface area contributed by atoms with Crippen LogP contribution in [0.2, 0.25) is 0 Å². The van der Waals surface area contributed by atoms with Gasteiger partial charge in [-0.2, -0.15) is 0 Å². The van der Waals surface area contributed by atoms with Crippen LogP contribution in [0.4, 0.5) is 0 Å². The molecule has 4 aliphatic heterocycles. The van der Waals surface area contributed by atoms with Crippen molar-refractivity contribution in [3.63, 3.8) is 0 Å². The second kappa shape index (κ2) is 24.4. The van der Waals surface area contributed by atoms with Crippen molar-refractivity contribution >= 4 is 27.5 Å². The number of amides is 1. The Morgan fingerprint density at radius 3 is 2.14 bits per heavy atom. The van der Waals surface area contributed by atoms with E-state index in [1.165, 1.54) is 40.2 Å². The van der Waals surface area contributed by atoms with E-state index >= 15 is 0 Å². The fourth-order valence-electron chi connectivity index (χ4n) is 11.3. The molecule has 0 saturated carbocycles. The summed E-state index contributed by atoms with van der Waals surface area (Å²) in [7, 11) is 1.51. The number of likely N-dealkylation sites (N-methyl/N-ethyl adjacent to an activating group) is 1. The minimum Gasteiger partial charge on any atom is -0.489 e. The van der Waals surface area contributed by atoms with E-state index in [1.54, 1.807) is 58.6 Å². The predicted octanol–water partition coefficient (Wildman–Crippen LogP) is 3.67. The van der Waals surface area contributed by atoms with Crippen molar-refractivity contribution in [2.75, 3.05) is 47.2 Å². The van der Waals surface area contributed by atoms with Crippen LogP contribution in [0, 0.1) is 23.7 Å². The number of cyclic esters (lactones) is 1. The molecule has 1 aromatic carbocycles. The monoisotopic (exact) mass is 1040 g/mol. The number of carbonyl (C=O) groups excluding carboxylic acids is 3. The van der Waals surface area contributed by atoms with Crippen LogP contribution in [0.25, 0.3) is 0 Å². The van der Waals surface area contributed by atoms with Crippen LogP contribution in [-0.2, 0) is 57.4 Å². The van der Waals surface area contributed by atoms with Gasteiger partial charge in [-0.15, -0.1) is 0 Å². The lowest BCUT2D eigenvalue weighted by atomic mass is 9.74. The first kappa shape index (κ1) is 60.0. The van der Waals surface area contributed by atoms with Crippen molar-refractivity contribution in [3.8, 4) is 5.75 Å². The molecular formula is C52H86N2O17S. The minimum absolute atomic E-state index is 0.0242.